The van der Waals surface area contributed by atoms with Gasteiger partial charge in [-0.05, 0) is 43.7 Å². The lowest BCUT2D eigenvalue weighted by molar-refractivity contribution is 0.131. The van der Waals surface area contributed by atoms with Gasteiger partial charge in [0.15, 0.2) is 11.6 Å². The van der Waals surface area contributed by atoms with Gasteiger partial charge in [-0.2, -0.15) is 0 Å². The van der Waals surface area contributed by atoms with E-state index in [4.69, 9.17) is 10.5 Å². The van der Waals surface area contributed by atoms with E-state index in [-0.39, 0.29) is 17.7 Å². The monoisotopic (exact) mass is 223 g/mol. The van der Waals surface area contributed by atoms with E-state index in [1.807, 2.05) is 0 Å². The minimum absolute atomic E-state index is 0.121. The highest BCUT2D eigenvalue weighted by Crippen LogP contribution is 2.31. The van der Waals surface area contributed by atoms with E-state index in [1.165, 1.54) is 6.07 Å². The van der Waals surface area contributed by atoms with Crippen molar-refractivity contribution in [2.75, 3.05) is 5.73 Å². The summed E-state index contributed by atoms with van der Waals surface area (Å²) in [4.78, 5) is 0. The zero-order valence-corrected chi connectivity index (χ0v) is 9.58. The third-order valence-corrected chi connectivity index (χ3v) is 3.24. The smallest absolute Gasteiger partial charge is 0.178 e. The van der Waals surface area contributed by atoms with E-state index >= 15 is 0 Å². The highest BCUT2D eigenvalue weighted by Gasteiger charge is 2.21. The normalized spacial score (nSPS) is 25.4. The number of anilines is 1. The first kappa shape index (κ1) is 11.2. The van der Waals surface area contributed by atoms with Crippen molar-refractivity contribution in [2.45, 2.75) is 38.7 Å². The topological polar surface area (TPSA) is 35.2 Å². The van der Waals surface area contributed by atoms with Crippen molar-refractivity contribution in [2.24, 2.45) is 5.92 Å². The van der Waals surface area contributed by atoms with E-state index in [0.29, 0.717) is 5.69 Å². The van der Waals surface area contributed by atoms with Gasteiger partial charge >= 0.3 is 0 Å². The molecule has 2 nitrogen and oxygen atoms in total. The summed E-state index contributed by atoms with van der Waals surface area (Å²) in [6.07, 6.45) is 4.41. The van der Waals surface area contributed by atoms with E-state index in [1.54, 1.807) is 12.1 Å². The zero-order valence-electron chi connectivity index (χ0n) is 9.58. The van der Waals surface area contributed by atoms with Gasteiger partial charge in [0.1, 0.15) is 0 Å². The molecular weight excluding hydrogens is 205 g/mol. The summed E-state index contributed by atoms with van der Waals surface area (Å²) in [7, 11) is 0. The van der Waals surface area contributed by atoms with Crippen LogP contribution in [-0.4, -0.2) is 6.10 Å². The van der Waals surface area contributed by atoms with E-state index < -0.39 is 0 Å². The average Bonchev–Trinajstić information content (AvgIpc) is 2.26. The molecule has 0 aliphatic heterocycles. The first-order chi connectivity index (χ1) is 7.66. The van der Waals surface area contributed by atoms with Crippen LogP contribution in [0.15, 0.2) is 18.2 Å². The Morgan fingerprint density at radius 3 is 2.56 bits per heavy atom. The number of para-hydroxylation sites is 1. The fourth-order valence-electron chi connectivity index (χ4n) is 2.16. The number of hydrogen-bond donors (Lipinski definition) is 1. The molecule has 0 bridgehead atoms. The lowest BCUT2D eigenvalue weighted by atomic mass is 9.89. The highest BCUT2D eigenvalue weighted by molar-refractivity contribution is 5.52. The molecule has 1 aliphatic carbocycles. The Kier molecular flexibility index (Phi) is 3.32. The lowest BCUT2D eigenvalue weighted by Crippen LogP contribution is -2.23. The minimum Gasteiger partial charge on any atom is -0.485 e. The van der Waals surface area contributed by atoms with E-state index in [0.717, 1.165) is 31.6 Å². The number of nitrogen functional groups attached to an aromatic ring is 1. The molecule has 0 spiro atoms. The maximum atomic E-state index is 13.5. The molecule has 1 saturated carbocycles. The summed E-state index contributed by atoms with van der Waals surface area (Å²) >= 11 is 0. The number of hydrogen-bond acceptors (Lipinski definition) is 2. The molecule has 2 rings (SSSR count). The molecule has 16 heavy (non-hydrogen) atoms. The molecule has 0 atom stereocenters. The molecule has 3 heteroatoms. The Bertz CT molecular complexity index is 339. The van der Waals surface area contributed by atoms with Gasteiger partial charge in [-0.1, -0.05) is 13.0 Å². The molecule has 0 aromatic heterocycles. The van der Waals surface area contributed by atoms with Gasteiger partial charge in [0.25, 0.3) is 0 Å². The Morgan fingerprint density at radius 2 is 1.94 bits per heavy atom. The molecule has 1 fully saturated rings. The van der Waals surface area contributed by atoms with Crippen LogP contribution in [0.2, 0.25) is 0 Å². The second-order valence-electron chi connectivity index (χ2n) is 4.66. The van der Waals surface area contributed by atoms with Gasteiger partial charge in [-0.25, -0.2) is 4.39 Å². The SMILES string of the molecule is CC1CCC(Oc2c(N)cccc2F)CC1. The van der Waals surface area contributed by atoms with E-state index in [9.17, 15) is 4.39 Å². The van der Waals surface area contributed by atoms with Gasteiger partial charge < -0.3 is 10.5 Å². The summed E-state index contributed by atoms with van der Waals surface area (Å²) in [5.74, 6) is 0.624. The maximum absolute atomic E-state index is 13.5. The molecule has 0 saturated heterocycles. The van der Waals surface area contributed by atoms with Crippen molar-refractivity contribution in [3.05, 3.63) is 24.0 Å². The molecule has 1 aliphatic rings. The molecule has 1 aromatic rings. The van der Waals surface area contributed by atoms with Crippen molar-refractivity contribution in [3.63, 3.8) is 0 Å². The van der Waals surface area contributed by atoms with Crippen LogP contribution in [0.5, 0.6) is 5.75 Å². The number of nitrogens with two attached hydrogens (primary N) is 1. The lowest BCUT2D eigenvalue weighted by Gasteiger charge is -2.27. The molecule has 0 radical (unpaired) electrons. The van der Waals surface area contributed by atoms with Gasteiger partial charge in [0.05, 0.1) is 11.8 Å². The summed E-state index contributed by atoms with van der Waals surface area (Å²) in [5.41, 5.74) is 6.09. The van der Waals surface area contributed by atoms with Crippen molar-refractivity contribution in [3.8, 4) is 5.75 Å². The van der Waals surface area contributed by atoms with Gasteiger partial charge in [-0.15, -0.1) is 0 Å². The van der Waals surface area contributed by atoms with Crippen LogP contribution in [0.4, 0.5) is 10.1 Å². The number of rotatable bonds is 2. The Balaban J connectivity index is 2.04. The molecule has 1 aromatic carbocycles. The van der Waals surface area contributed by atoms with Gasteiger partial charge in [-0.3, -0.25) is 0 Å². The van der Waals surface area contributed by atoms with Crippen molar-refractivity contribution >= 4 is 5.69 Å². The summed E-state index contributed by atoms with van der Waals surface area (Å²) < 4.78 is 19.1. The molecular formula is C13H18FNO. The minimum atomic E-state index is -0.362. The van der Waals surface area contributed by atoms with Crippen molar-refractivity contribution in [1.82, 2.24) is 0 Å². The molecule has 0 amide bonds. The largest absolute Gasteiger partial charge is 0.485 e. The number of benzene rings is 1. The predicted octanol–water partition coefficient (Wildman–Crippen LogP) is 3.37. The molecule has 88 valence electrons. The maximum Gasteiger partial charge on any atom is 0.178 e. The van der Waals surface area contributed by atoms with Gasteiger partial charge in [0, 0.05) is 0 Å². The second-order valence-corrected chi connectivity index (χ2v) is 4.66. The highest BCUT2D eigenvalue weighted by atomic mass is 19.1. The standard InChI is InChI=1S/C13H18FNO/c1-9-5-7-10(8-6-9)16-13-11(14)3-2-4-12(13)15/h2-4,9-10H,5-8,15H2,1H3. The molecule has 0 unspecified atom stereocenters. The van der Waals surface area contributed by atoms with Gasteiger partial charge in [0.2, 0.25) is 0 Å². The van der Waals surface area contributed by atoms with Crippen LogP contribution in [-0.2, 0) is 0 Å². The van der Waals surface area contributed by atoms with Crippen LogP contribution < -0.4 is 10.5 Å². The fraction of sp³-hybridized carbons (Fsp3) is 0.538. The molecule has 0 heterocycles. The van der Waals surface area contributed by atoms with Crippen molar-refractivity contribution in [1.29, 1.82) is 0 Å². The second kappa shape index (κ2) is 4.73. The zero-order chi connectivity index (χ0) is 11.5. The fourth-order valence-corrected chi connectivity index (χ4v) is 2.16. The first-order valence-electron chi connectivity index (χ1n) is 5.87. The molecule has 2 N–H and O–H groups in total. The third kappa shape index (κ3) is 2.46. The number of halogens is 1. The summed E-state index contributed by atoms with van der Waals surface area (Å²) in [6, 6.07) is 4.65. The van der Waals surface area contributed by atoms with Crippen LogP contribution in [0.1, 0.15) is 32.6 Å². The van der Waals surface area contributed by atoms with E-state index in [2.05, 4.69) is 6.92 Å². The van der Waals surface area contributed by atoms with Crippen LogP contribution in [0.3, 0.4) is 0 Å². The summed E-state index contributed by atoms with van der Waals surface area (Å²) in [5, 5.41) is 0. The predicted molar refractivity (Wildman–Crippen MR) is 62.9 cm³/mol. The number of ether oxygens (including phenoxy) is 1. The quantitative estimate of drug-likeness (QED) is 0.780. The Hall–Kier alpha value is -1.25. The Morgan fingerprint density at radius 1 is 1.25 bits per heavy atom. The van der Waals surface area contributed by atoms with Crippen molar-refractivity contribution < 1.29 is 9.13 Å². The average molecular weight is 223 g/mol. The van der Waals surface area contributed by atoms with Crippen LogP contribution in [0, 0.1) is 11.7 Å². The first-order valence-corrected chi connectivity index (χ1v) is 5.87. The van der Waals surface area contributed by atoms with Crippen LogP contribution >= 0.6 is 0 Å². The Labute approximate surface area is 95.6 Å². The van der Waals surface area contributed by atoms with Crippen LogP contribution in [0.25, 0.3) is 0 Å². The summed E-state index contributed by atoms with van der Waals surface area (Å²) in [6.45, 7) is 2.24. The third-order valence-electron chi connectivity index (χ3n) is 3.24.